The Bertz CT molecular complexity index is 546. The first-order valence-electron chi connectivity index (χ1n) is 15.6. The standard InChI is InChI=1S/C32H62O4/c1-7-11-22-28(9-3)25-32(6,31(35)36-26-29(10-4)23-12-8-2)27(5)21-19-17-15-13-14-16-18-20-24-30(33)34/h27-29H,7-26H2,1-6H3,(H,33,34). The van der Waals surface area contributed by atoms with Crippen LogP contribution in [0.5, 0.6) is 0 Å². The van der Waals surface area contributed by atoms with Crippen LogP contribution in [0, 0.1) is 23.2 Å². The van der Waals surface area contributed by atoms with Gasteiger partial charge in [-0.3, -0.25) is 9.59 Å². The number of hydrogen-bond donors (Lipinski definition) is 1. The van der Waals surface area contributed by atoms with Crippen LogP contribution < -0.4 is 0 Å². The number of unbranched alkanes of at least 4 members (excludes halogenated alkanes) is 9. The van der Waals surface area contributed by atoms with Crippen LogP contribution >= 0.6 is 0 Å². The van der Waals surface area contributed by atoms with Crippen LogP contribution in [0.2, 0.25) is 0 Å². The zero-order valence-electron chi connectivity index (χ0n) is 25.0. The first-order chi connectivity index (χ1) is 17.2. The van der Waals surface area contributed by atoms with Crippen molar-refractivity contribution in [3.63, 3.8) is 0 Å². The summed E-state index contributed by atoms with van der Waals surface area (Å²) in [6, 6.07) is 0. The molecule has 0 radical (unpaired) electrons. The van der Waals surface area contributed by atoms with Gasteiger partial charge in [0.2, 0.25) is 0 Å². The maximum absolute atomic E-state index is 13.6. The van der Waals surface area contributed by atoms with Gasteiger partial charge in [0.05, 0.1) is 12.0 Å². The molecule has 4 heteroatoms. The molecule has 4 atom stereocenters. The van der Waals surface area contributed by atoms with Crippen molar-refractivity contribution in [2.75, 3.05) is 6.61 Å². The van der Waals surface area contributed by atoms with Gasteiger partial charge in [-0.05, 0) is 50.4 Å². The number of esters is 1. The van der Waals surface area contributed by atoms with E-state index in [1.807, 2.05) is 0 Å². The zero-order chi connectivity index (χ0) is 27.2. The highest BCUT2D eigenvalue weighted by Gasteiger charge is 2.41. The van der Waals surface area contributed by atoms with E-state index in [2.05, 4.69) is 41.5 Å². The Hall–Kier alpha value is -1.06. The number of aliphatic carboxylic acids is 1. The second-order valence-electron chi connectivity index (χ2n) is 11.7. The number of carbonyl (C=O) groups is 2. The minimum atomic E-state index is -0.683. The van der Waals surface area contributed by atoms with E-state index >= 15 is 0 Å². The van der Waals surface area contributed by atoms with Crippen molar-refractivity contribution in [1.29, 1.82) is 0 Å². The van der Waals surface area contributed by atoms with E-state index in [-0.39, 0.29) is 5.97 Å². The van der Waals surface area contributed by atoms with Crippen molar-refractivity contribution in [2.45, 2.75) is 164 Å². The molecule has 0 aliphatic rings. The summed E-state index contributed by atoms with van der Waals surface area (Å²) in [5.74, 6) is 0.763. The van der Waals surface area contributed by atoms with Gasteiger partial charge in [-0.2, -0.15) is 0 Å². The van der Waals surface area contributed by atoms with E-state index in [0.717, 1.165) is 51.4 Å². The van der Waals surface area contributed by atoms with Crippen LogP contribution in [-0.4, -0.2) is 23.7 Å². The lowest BCUT2D eigenvalue weighted by Gasteiger charge is -2.37. The maximum Gasteiger partial charge on any atom is 0.312 e. The summed E-state index contributed by atoms with van der Waals surface area (Å²) in [6.45, 7) is 14.0. The molecule has 0 saturated carbocycles. The largest absolute Gasteiger partial charge is 0.481 e. The Morgan fingerprint density at radius 1 is 0.722 bits per heavy atom. The van der Waals surface area contributed by atoms with E-state index in [0.29, 0.717) is 30.8 Å². The number of hydrogen-bond acceptors (Lipinski definition) is 3. The van der Waals surface area contributed by atoms with E-state index < -0.39 is 11.4 Å². The Balaban J connectivity index is 4.79. The number of rotatable bonds is 25. The molecule has 0 aromatic heterocycles. The summed E-state index contributed by atoms with van der Waals surface area (Å²) >= 11 is 0. The number of carboxylic acid groups (broad SMARTS) is 1. The summed E-state index contributed by atoms with van der Waals surface area (Å²) in [7, 11) is 0. The molecule has 0 aliphatic carbocycles. The molecule has 0 saturated heterocycles. The van der Waals surface area contributed by atoms with Crippen molar-refractivity contribution in [3.8, 4) is 0 Å². The van der Waals surface area contributed by atoms with E-state index in [1.165, 1.54) is 64.2 Å². The van der Waals surface area contributed by atoms with Gasteiger partial charge < -0.3 is 9.84 Å². The molecule has 4 unspecified atom stereocenters. The van der Waals surface area contributed by atoms with E-state index in [1.54, 1.807) is 0 Å². The first kappa shape index (κ1) is 34.9. The van der Waals surface area contributed by atoms with Gasteiger partial charge in [0, 0.05) is 6.42 Å². The van der Waals surface area contributed by atoms with Gasteiger partial charge in [0.1, 0.15) is 0 Å². The minimum absolute atomic E-state index is 0.0428. The molecule has 0 aromatic rings. The molecule has 1 N–H and O–H groups in total. The molecule has 36 heavy (non-hydrogen) atoms. The van der Waals surface area contributed by atoms with Crippen molar-refractivity contribution in [2.24, 2.45) is 23.2 Å². The van der Waals surface area contributed by atoms with Crippen LogP contribution in [-0.2, 0) is 14.3 Å². The highest BCUT2D eigenvalue weighted by atomic mass is 16.5. The van der Waals surface area contributed by atoms with Crippen LogP contribution in [0.4, 0.5) is 0 Å². The third-order valence-electron chi connectivity index (χ3n) is 8.58. The summed E-state index contributed by atoms with van der Waals surface area (Å²) in [5, 5.41) is 8.72. The monoisotopic (exact) mass is 510 g/mol. The van der Waals surface area contributed by atoms with Gasteiger partial charge in [0.25, 0.3) is 0 Å². The zero-order valence-corrected chi connectivity index (χ0v) is 25.0. The lowest BCUT2D eigenvalue weighted by molar-refractivity contribution is -0.161. The molecule has 0 rings (SSSR count). The molecule has 0 amide bonds. The summed E-state index contributed by atoms with van der Waals surface area (Å²) in [4.78, 5) is 24.2. The molecule has 0 fully saturated rings. The second-order valence-corrected chi connectivity index (χ2v) is 11.7. The summed E-state index contributed by atoms with van der Waals surface area (Å²) in [5.41, 5.74) is -0.401. The van der Waals surface area contributed by atoms with Crippen molar-refractivity contribution >= 4 is 11.9 Å². The smallest absolute Gasteiger partial charge is 0.312 e. The van der Waals surface area contributed by atoms with Gasteiger partial charge in [-0.1, -0.05) is 125 Å². The summed E-state index contributed by atoms with van der Waals surface area (Å²) < 4.78 is 6.06. The Morgan fingerprint density at radius 2 is 1.22 bits per heavy atom. The average molecular weight is 511 g/mol. The molecule has 4 nitrogen and oxygen atoms in total. The SMILES string of the molecule is CCCCC(CC)COC(=O)C(C)(CC(CC)CCCC)C(C)CCCCCCCCCCC(=O)O. The molecule has 0 heterocycles. The lowest BCUT2D eigenvalue weighted by atomic mass is 9.69. The minimum Gasteiger partial charge on any atom is -0.481 e. The number of ether oxygens (including phenoxy) is 1. The summed E-state index contributed by atoms with van der Waals surface area (Å²) in [6.07, 6.45) is 20.8. The van der Waals surface area contributed by atoms with Crippen LogP contribution in [0.1, 0.15) is 164 Å². The van der Waals surface area contributed by atoms with Crippen LogP contribution in [0.3, 0.4) is 0 Å². The predicted molar refractivity (Wildman–Crippen MR) is 153 cm³/mol. The van der Waals surface area contributed by atoms with Crippen LogP contribution in [0.25, 0.3) is 0 Å². The van der Waals surface area contributed by atoms with Gasteiger partial charge >= 0.3 is 11.9 Å². The normalized spacial score (nSPS) is 15.7. The van der Waals surface area contributed by atoms with E-state index in [9.17, 15) is 9.59 Å². The van der Waals surface area contributed by atoms with Gasteiger partial charge in [-0.15, -0.1) is 0 Å². The van der Waals surface area contributed by atoms with Crippen molar-refractivity contribution < 1.29 is 19.4 Å². The lowest BCUT2D eigenvalue weighted by Crippen LogP contribution is -2.39. The molecule has 214 valence electrons. The van der Waals surface area contributed by atoms with E-state index in [4.69, 9.17) is 9.84 Å². The molecule has 0 aromatic carbocycles. The van der Waals surface area contributed by atoms with Gasteiger partial charge in [0.15, 0.2) is 0 Å². The van der Waals surface area contributed by atoms with Crippen molar-refractivity contribution in [1.82, 2.24) is 0 Å². The molecule has 0 spiro atoms. The average Bonchev–Trinajstić information content (AvgIpc) is 2.86. The van der Waals surface area contributed by atoms with Gasteiger partial charge in [-0.25, -0.2) is 0 Å². The third kappa shape index (κ3) is 15.9. The topological polar surface area (TPSA) is 63.6 Å². The number of carbonyl (C=O) groups excluding carboxylic acids is 1. The molecular weight excluding hydrogens is 448 g/mol. The number of carboxylic acids is 1. The van der Waals surface area contributed by atoms with Crippen LogP contribution in [0.15, 0.2) is 0 Å². The fourth-order valence-corrected chi connectivity index (χ4v) is 5.39. The highest BCUT2D eigenvalue weighted by molar-refractivity contribution is 5.76. The quantitative estimate of drug-likeness (QED) is 0.0980. The molecule has 0 bridgehead atoms. The highest BCUT2D eigenvalue weighted by Crippen LogP contribution is 2.41. The van der Waals surface area contributed by atoms with Crippen molar-refractivity contribution in [3.05, 3.63) is 0 Å². The Labute approximate surface area is 224 Å². The third-order valence-corrected chi connectivity index (χ3v) is 8.58. The predicted octanol–water partition coefficient (Wildman–Crippen LogP) is 9.98. The second kappa shape index (κ2) is 22.0. The molecular formula is C32H62O4. The fourth-order valence-electron chi connectivity index (χ4n) is 5.39. The Morgan fingerprint density at radius 3 is 1.72 bits per heavy atom. The fraction of sp³-hybridized carbons (Fsp3) is 0.938. The maximum atomic E-state index is 13.6. The first-order valence-corrected chi connectivity index (χ1v) is 15.6. The Kier molecular flexibility index (Phi) is 21.3. The molecule has 0 aliphatic heterocycles.